The lowest BCUT2D eigenvalue weighted by Crippen LogP contribution is -2.27. The molecular weight excluding hydrogens is 486 g/mol. The predicted molar refractivity (Wildman–Crippen MR) is 146 cm³/mol. The van der Waals surface area contributed by atoms with Gasteiger partial charge in [-0.1, -0.05) is 53.8 Å². The van der Waals surface area contributed by atoms with Crippen LogP contribution in [0.3, 0.4) is 0 Å². The van der Waals surface area contributed by atoms with E-state index < -0.39 is 5.91 Å². The highest BCUT2D eigenvalue weighted by Crippen LogP contribution is 2.31. The summed E-state index contributed by atoms with van der Waals surface area (Å²) in [5.74, 6) is 0.780. The van der Waals surface area contributed by atoms with E-state index in [-0.39, 0.29) is 11.4 Å². The van der Waals surface area contributed by atoms with E-state index in [2.05, 4.69) is 15.6 Å². The molecule has 9 heteroatoms. The van der Waals surface area contributed by atoms with E-state index in [1.54, 1.807) is 4.68 Å². The average Bonchev–Trinajstić information content (AvgIpc) is 3.37. The molecule has 1 amide bonds. The number of carbonyl (C=O) groups is 1. The van der Waals surface area contributed by atoms with E-state index in [1.807, 2.05) is 93.6 Å². The zero-order chi connectivity index (χ0) is 25.9. The van der Waals surface area contributed by atoms with Crippen LogP contribution in [-0.2, 0) is 11.3 Å². The average molecular weight is 512 g/mol. The van der Waals surface area contributed by atoms with Gasteiger partial charge in [0.2, 0.25) is 5.88 Å². The maximum Gasteiger partial charge on any atom is 0.308 e. The van der Waals surface area contributed by atoms with Gasteiger partial charge in [-0.15, -0.1) is 0 Å². The molecule has 5 rings (SSSR count). The van der Waals surface area contributed by atoms with Crippen LogP contribution in [0.1, 0.15) is 22.4 Å². The molecule has 0 spiro atoms. The first-order valence-corrected chi connectivity index (χ1v) is 12.5. The van der Waals surface area contributed by atoms with Gasteiger partial charge in [-0.05, 0) is 62.2 Å². The molecular formula is C28H25N5O3S. The number of thiazole rings is 1. The van der Waals surface area contributed by atoms with Gasteiger partial charge in [-0.3, -0.25) is 14.2 Å². The Morgan fingerprint density at radius 1 is 1.05 bits per heavy atom. The number of nitrogens with one attached hydrogen (secondary N) is 1. The van der Waals surface area contributed by atoms with Crippen LogP contribution in [0.2, 0.25) is 0 Å². The topological polar surface area (TPSA) is 90.5 Å². The highest BCUT2D eigenvalue weighted by Gasteiger charge is 2.19. The fourth-order valence-corrected chi connectivity index (χ4v) is 4.83. The molecule has 1 N–H and O–H groups in total. The minimum absolute atomic E-state index is 0.131. The summed E-state index contributed by atoms with van der Waals surface area (Å²) < 4.78 is 10.4. The van der Waals surface area contributed by atoms with Gasteiger partial charge in [-0.2, -0.15) is 14.9 Å². The molecule has 0 aliphatic rings. The number of rotatable bonds is 7. The van der Waals surface area contributed by atoms with Crippen molar-refractivity contribution in [3.8, 4) is 17.3 Å². The maximum absolute atomic E-state index is 12.6. The first-order valence-electron chi connectivity index (χ1n) is 11.7. The number of amides is 1. The Kier molecular flexibility index (Phi) is 6.70. The number of ether oxygens (including phenoxy) is 1. The number of hydrogen-bond donors (Lipinski definition) is 1. The van der Waals surface area contributed by atoms with Crippen molar-refractivity contribution < 1.29 is 9.53 Å². The van der Waals surface area contributed by atoms with Gasteiger partial charge >= 0.3 is 4.87 Å². The number of fused-ring (bicyclic) bond motifs is 1. The molecule has 0 radical (unpaired) electrons. The summed E-state index contributed by atoms with van der Waals surface area (Å²) in [4.78, 5) is 24.8. The van der Waals surface area contributed by atoms with Crippen molar-refractivity contribution in [1.29, 1.82) is 0 Å². The van der Waals surface area contributed by atoms with Gasteiger partial charge in [0, 0.05) is 0 Å². The number of hydrogen-bond acceptors (Lipinski definition) is 6. The van der Waals surface area contributed by atoms with Crippen LogP contribution >= 0.6 is 11.3 Å². The quantitative estimate of drug-likeness (QED) is 0.243. The molecule has 2 heterocycles. The number of benzene rings is 3. The second-order valence-electron chi connectivity index (χ2n) is 8.64. The van der Waals surface area contributed by atoms with Crippen LogP contribution < -0.4 is 15.0 Å². The number of aromatic nitrogens is 3. The summed E-state index contributed by atoms with van der Waals surface area (Å²) in [5, 5.41) is 8.85. The van der Waals surface area contributed by atoms with Crippen LogP contribution in [0.4, 0.5) is 0 Å². The second kappa shape index (κ2) is 10.2. The maximum atomic E-state index is 12.6. The normalized spacial score (nSPS) is 11.3. The summed E-state index contributed by atoms with van der Waals surface area (Å²) in [6, 6.07) is 23.1. The molecule has 0 fully saturated rings. The lowest BCUT2D eigenvalue weighted by Gasteiger charge is -2.12. The first kappa shape index (κ1) is 24.2. The smallest absolute Gasteiger partial charge is 0.308 e. The summed E-state index contributed by atoms with van der Waals surface area (Å²) in [7, 11) is 0. The molecule has 37 heavy (non-hydrogen) atoms. The fraction of sp³-hybridized carbons (Fsp3) is 0.143. The van der Waals surface area contributed by atoms with E-state index >= 15 is 0 Å². The SMILES string of the molecule is Cc1ccc(C)c(Oc2c(/C=N/NC(=O)Cn3c(=O)sc4ccccc43)c(C)nn2-c2ccccc2)c1. The van der Waals surface area contributed by atoms with Crippen molar-refractivity contribution in [2.45, 2.75) is 27.3 Å². The van der Waals surface area contributed by atoms with E-state index in [4.69, 9.17) is 4.74 Å². The highest BCUT2D eigenvalue weighted by atomic mass is 32.1. The van der Waals surface area contributed by atoms with Gasteiger partial charge in [0.25, 0.3) is 5.91 Å². The Bertz CT molecular complexity index is 1680. The molecule has 8 nitrogen and oxygen atoms in total. The lowest BCUT2D eigenvalue weighted by molar-refractivity contribution is -0.121. The summed E-state index contributed by atoms with van der Waals surface area (Å²) in [6.07, 6.45) is 1.52. The van der Waals surface area contributed by atoms with Crippen LogP contribution in [0.5, 0.6) is 11.6 Å². The number of carbonyl (C=O) groups excluding carboxylic acids is 1. The Balaban J connectivity index is 1.43. The third-order valence-corrected chi connectivity index (χ3v) is 6.83. The summed E-state index contributed by atoms with van der Waals surface area (Å²) in [5.41, 5.74) is 7.45. The fourth-order valence-electron chi connectivity index (χ4n) is 3.94. The summed E-state index contributed by atoms with van der Waals surface area (Å²) in [6.45, 7) is 5.71. The summed E-state index contributed by atoms with van der Waals surface area (Å²) >= 11 is 1.11. The molecule has 3 aromatic carbocycles. The molecule has 5 aromatic rings. The molecule has 0 aliphatic heterocycles. The molecule has 0 saturated heterocycles. The Morgan fingerprint density at radius 2 is 1.81 bits per heavy atom. The Morgan fingerprint density at radius 3 is 2.62 bits per heavy atom. The second-order valence-corrected chi connectivity index (χ2v) is 9.63. The molecule has 186 valence electrons. The van der Waals surface area contributed by atoms with Gasteiger partial charge in [-0.25, -0.2) is 5.43 Å². The van der Waals surface area contributed by atoms with Crippen LogP contribution in [0.25, 0.3) is 15.9 Å². The number of nitrogens with zero attached hydrogens (tertiary/aromatic N) is 4. The van der Waals surface area contributed by atoms with E-state index in [1.165, 1.54) is 10.8 Å². The van der Waals surface area contributed by atoms with Crippen molar-refractivity contribution >= 4 is 33.7 Å². The van der Waals surface area contributed by atoms with Crippen LogP contribution in [0.15, 0.2) is 82.7 Å². The van der Waals surface area contributed by atoms with Crippen molar-refractivity contribution in [1.82, 2.24) is 19.8 Å². The number of para-hydroxylation sites is 2. The van der Waals surface area contributed by atoms with Crippen molar-refractivity contribution in [2.24, 2.45) is 5.10 Å². The first-order chi connectivity index (χ1) is 17.9. The van der Waals surface area contributed by atoms with Crippen molar-refractivity contribution in [2.75, 3.05) is 0 Å². The van der Waals surface area contributed by atoms with Crippen LogP contribution in [0, 0.1) is 20.8 Å². The number of hydrazone groups is 1. The molecule has 0 atom stereocenters. The molecule has 0 bridgehead atoms. The van der Waals surface area contributed by atoms with E-state index in [9.17, 15) is 9.59 Å². The van der Waals surface area contributed by atoms with Gasteiger partial charge < -0.3 is 4.74 Å². The lowest BCUT2D eigenvalue weighted by atomic mass is 10.1. The van der Waals surface area contributed by atoms with E-state index in [0.29, 0.717) is 22.9 Å². The molecule has 0 saturated carbocycles. The third kappa shape index (κ3) is 5.07. The minimum Gasteiger partial charge on any atom is -0.438 e. The van der Waals surface area contributed by atoms with E-state index in [0.717, 1.165) is 38.4 Å². The third-order valence-electron chi connectivity index (χ3n) is 5.87. The van der Waals surface area contributed by atoms with Crippen LogP contribution in [-0.4, -0.2) is 26.5 Å². The molecule has 0 aliphatic carbocycles. The zero-order valence-electron chi connectivity index (χ0n) is 20.6. The zero-order valence-corrected chi connectivity index (χ0v) is 21.5. The Hall–Kier alpha value is -4.50. The molecule has 2 aromatic heterocycles. The standard InChI is InChI=1S/C28H25N5O3S/c1-18-13-14-19(2)24(15-18)36-27-22(20(3)31-33(27)21-9-5-4-6-10-21)16-29-30-26(34)17-32-23-11-7-8-12-25(23)37-28(32)35/h4-16H,17H2,1-3H3,(H,30,34)/b29-16+. The van der Waals surface area contributed by atoms with Gasteiger partial charge in [0.05, 0.1) is 33.4 Å². The predicted octanol–water partition coefficient (Wildman–Crippen LogP) is 5.12. The van der Waals surface area contributed by atoms with Gasteiger partial charge in [0.1, 0.15) is 12.3 Å². The molecule has 0 unspecified atom stereocenters. The van der Waals surface area contributed by atoms with Crippen molar-refractivity contribution in [3.05, 3.63) is 105 Å². The Labute approximate surface area is 217 Å². The largest absolute Gasteiger partial charge is 0.438 e. The van der Waals surface area contributed by atoms with Gasteiger partial charge in [0.15, 0.2) is 0 Å². The minimum atomic E-state index is -0.410. The monoisotopic (exact) mass is 511 g/mol. The van der Waals surface area contributed by atoms with Crippen molar-refractivity contribution in [3.63, 3.8) is 0 Å². The number of aryl methyl sites for hydroxylation is 3. The highest BCUT2D eigenvalue weighted by molar-refractivity contribution is 7.16.